The molecule has 2 atom stereocenters. The molecule has 0 unspecified atom stereocenters. The molecule has 0 saturated heterocycles. The van der Waals surface area contributed by atoms with E-state index in [1.165, 1.54) is 6.42 Å². The van der Waals surface area contributed by atoms with Crippen molar-refractivity contribution in [3.05, 3.63) is 47.3 Å². The van der Waals surface area contributed by atoms with Gasteiger partial charge in [-0.05, 0) is 30.9 Å². The number of carboxylic acid groups (broad SMARTS) is 1. The van der Waals surface area contributed by atoms with Gasteiger partial charge in [0.1, 0.15) is 0 Å². The highest BCUT2D eigenvalue weighted by Crippen LogP contribution is 2.57. The van der Waals surface area contributed by atoms with E-state index >= 15 is 0 Å². The molecule has 4 rings (SSSR count). The summed E-state index contributed by atoms with van der Waals surface area (Å²) in [5.41, 5.74) is 3.27. The third-order valence-electron chi connectivity index (χ3n) is 3.97. The summed E-state index contributed by atoms with van der Waals surface area (Å²) in [5, 5.41) is 13.5. The SMILES string of the molecule is O=C(O)c1nn(-c2ccccc2)c2c1C[C@H]1C[C@@H]21. The van der Waals surface area contributed by atoms with E-state index in [4.69, 9.17) is 0 Å². The van der Waals surface area contributed by atoms with Crippen molar-refractivity contribution in [1.82, 2.24) is 9.78 Å². The minimum atomic E-state index is -0.915. The van der Waals surface area contributed by atoms with Crippen LogP contribution in [0.3, 0.4) is 0 Å². The quantitative estimate of drug-likeness (QED) is 0.875. The van der Waals surface area contributed by atoms with Crippen molar-refractivity contribution < 1.29 is 9.90 Å². The summed E-state index contributed by atoms with van der Waals surface area (Å²) in [7, 11) is 0. The minimum Gasteiger partial charge on any atom is -0.476 e. The molecule has 0 aliphatic heterocycles. The van der Waals surface area contributed by atoms with Crippen LogP contribution in [0.2, 0.25) is 0 Å². The molecule has 1 aromatic heterocycles. The van der Waals surface area contributed by atoms with Crippen molar-refractivity contribution in [2.24, 2.45) is 5.92 Å². The van der Waals surface area contributed by atoms with Crippen molar-refractivity contribution >= 4 is 5.97 Å². The van der Waals surface area contributed by atoms with E-state index in [1.54, 1.807) is 0 Å². The zero-order chi connectivity index (χ0) is 12.3. The normalized spacial score (nSPS) is 23.6. The highest BCUT2D eigenvalue weighted by molar-refractivity contribution is 5.88. The summed E-state index contributed by atoms with van der Waals surface area (Å²) in [6, 6.07) is 9.78. The number of benzene rings is 1. The number of aromatic nitrogens is 2. The topological polar surface area (TPSA) is 55.1 Å². The fourth-order valence-corrected chi connectivity index (χ4v) is 3.05. The summed E-state index contributed by atoms with van der Waals surface area (Å²) in [5.74, 6) is 0.272. The van der Waals surface area contributed by atoms with E-state index in [0.717, 1.165) is 23.4 Å². The van der Waals surface area contributed by atoms with Crippen LogP contribution in [0.15, 0.2) is 30.3 Å². The van der Waals surface area contributed by atoms with Crippen LogP contribution in [0.25, 0.3) is 5.69 Å². The molecule has 2 aliphatic rings. The van der Waals surface area contributed by atoms with Gasteiger partial charge in [0.15, 0.2) is 5.69 Å². The predicted molar refractivity (Wildman–Crippen MR) is 65.1 cm³/mol. The van der Waals surface area contributed by atoms with E-state index in [0.29, 0.717) is 11.8 Å². The molecule has 1 saturated carbocycles. The highest BCUT2D eigenvalue weighted by atomic mass is 16.4. The molecule has 0 radical (unpaired) electrons. The summed E-state index contributed by atoms with van der Waals surface area (Å²) in [4.78, 5) is 11.3. The van der Waals surface area contributed by atoms with Crippen molar-refractivity contribution in [2.45, 2.75) is 18.8 Å². The molecule has 1 aromatic carbocycles. The third kappa shape index (κ3) is 1.20. The highest BCUT2D eigenvalue weighted by Gasteiger charge is 2.50. The van der Waals surface area contributed by atoms with Gasteiger partial charge in [0, 0.05) is 11.5 Å². The lowest BCUT2D eigenvalue weighted by Crippen LogP contribution is -2.04. The standard InChI is InChI=1S/C14H12N2O2/c17-14(18)12-11-7-8-6-10(8)13(11)16(15-12)9-4-2-1-3-5-9/h1-5,8,10H,6-7H2,(H,17,18)/t8-,10-/m1/s1. The second kappa shape index (κ2) is 3.22. The Labute approximate surface area is 104 Å². The number of carbonyl (C=O) groups is 1. The average molecular weight is 240 g/mol. The molecule has 2 aromatic rings. The first kappa shape index (κ1) is 9.88. The van der Waals surface area contributed by atoms with E-state index < -0.39 is 5.97 Å². The maximum absolute atomic E-state index is 11.3. The predicted octanol–water partition coefficient (Wildman–Crippen LogP) is 2.23. The van der Waals surface area contributed by atoms with Gasteiger partial charge in [-0.25, -0.2) is 9.48 Å². The lowest BCUT2D eigenvalue weighted by atomic mass is 10.1. The van der Waals surface area contributed by atoms with E-state index in [9.17, 15) is 9.90 Å². The molecule has 0 amide bonds. The third-order valence-corrected chi connectivity index (χ3v) is 3.97. The van der Waals surface area contributed by atoms with Gasteiger partial charge in [-0.3, -0.25) is 0 Å². The maximum Gasteiger partial charge on any atom is 0.356 e. The number of fused-ring (bicyclic) bond motifs is 3. The zero-order valence-electron chi connectivity index (χ0n) is 9.71. The number of para-hydroxylation sites is 1. The average Bonchev–Trinajstić information content (AvgIpc) is 2.88. The largest absolute Gasteiger partial charge is 0.476 e. The lowest BCUT2D eigenvalue weighted by molar-refractivity contribution is 0.0689. The Morgan fingerprint density at radius 3 is 2.83 bits per heavy atom. The van der Waals surface area contributed by atoms with E-state index in [2.05, 4.69) is 5.10 Å². The van der Waals surface area contributed by atoms with Crippen molar-refractivity contribution in [3.63, 3.8) is 0 Å². The molecule has 1 fully saturated rings. The summed E-state index contributed by atoms with van der Waals surface area (Å²) >= 11 is 0. The molecule has 1 N–H and O–H groups in total. The monoisotopic (exact) mass is 240 g/mol. The summed E-state index contributed by atoms with van der Waals surface area (Å²) < 4.78 is 1.83. The molecule has 0 spiro atoms. The Bertz CT molecular complexity index is 645. The van der Waals surface area contributed by atoms with Gasteiger partial charge >= 0.3 is 5.97 Å². The molecular weight excluding hydrogens is 228 g/mol. The molecule has 1 heterocycles. The molecule has 0 bridgehead atoms. The Balaban J connectivity index is 1.94. The number of nitrogens with zero attached hydrogens (tertiary/aromatic N) is 2. The van der Waals surface area contributed by atoms with Crippen LogP contribution in [0.1, 0.15) is 34.1 Å². The first-order valence-electron chi connectivity index (χ1n) is 6.16. The lowest BCUT2D eigenvalue weighted by Gasteiger charge is -2.05. The van der Waals surface area contributed by atoms with E-state index in [-0.39, 0.29) is 5.69 Å². The van der Waals surface area contributed by atoms with Crippen LogP contribution < -0.4 is 0 Å². The number of aromatic carboxylic acids is 1. The molecular formula is C14H12N2O2. The van der Waals surface area contributed by atoms with Gasteiger partial charge in [0.2, 0.25) is 0 Å². The summed E-state index contributed by atoms with van der Waals surface area (Å²) in [6.07, 6.45) is 2.07. The Morgan fingerprint density at radius 2 is 2.11 bits per heavy atom. The minimum absolute atomic E-state index is 0.237. The maximum atomic E-state index is 11.3. The fraction of sp³-hybridized carbons (Fsp3) is 0.286. The molecule has 90 valence electrons. The number of hydrogen-bond donors (Lipinski definition) is 1. The van der Waals surface area contributed by atoms with Crippen LogP contribution >= 0.6 is 0 Å². The van der Waals surface area contributed by atoms with Gasteiger partial charge in [-0.1, -0.05) is 18.2 Å². The van der Waals surface area contributed by atoms with Crippen LogP contribution in [0, 0.1) is 5.92 Å². The Hall–Kier alpha value is -2.10. The Morgan fingerprint density at radius 1 is 1.33 bits per heavy atom. The van der Waals surface area contributed by atoms with Gasteiger partial charge in [0.05, 0.1) is 11.4 Å². The van der Waals surface area contributed by atoms with Gasteiger partial charge in [-0.2, -0.15) is 5.10 Å². The summed E-state index contributed by atoms with van der Waals surface area (Å²) in [6.45, 7) is 0. The van der Waals surface area contributed by atoms with Crippen LogP contribution in [0.5, 0.6) is 0 Å². The van der Waals surface area contributed by atoms with Gasteiger partial charge in [-0.15, -0.1) is 0 Å². The van der Waals surface area contributed by atoms with Gasteiger partial charge < -0.3 is 5.11 Å². The first-order valence-corrected chi connectivity index (χ1v) is 6.16. The fourth-order valence-electron chi connectivity index (χ4n) is 3.05. The molecule has 2 aliphatic carbocycles. The van der Waals surface area contributed by atoms with Crippen molar-refractivity contribution in [3.8, 4) is 5.69 Å². The van der Waals surface area contributed by atoms with Crippen LogP contribution in [-0.4, -0.2) is 20.9 Å². The number of hydrogen-bond acceptors (Lipinski definition) is 2. The second-order valence-electron chi connectivity index (χ2n) is 5.07. The van der Waals surface area contributed by atoms with Crippen LogP contribution in [0.4, 0.5) is 0 Å². The van der Waals surface area contributed by atoms with Crippen molar-refractivity contribution in [2.75, 3.05) is 0 Å². The van der Waals surface area contributed by atoms with Crippen LogP contribution in [-0.2, 0) is 6.42 Å². The number of rotatable bonds is 2. The van der Waals surface area contributed by atoms with E-state index in [1.807, 2.05) is 35.0 Å². The molecule has 4 nitrogen and oxygen atoms in total. The molecule has 4 heteroatoms. The molecule has 18 heavy (non-hydrogen) atoms. The smallest absolute Gasteiger partial charge is 0.356 e. The zero-order valence-corrected chi connectivity index (χ0v) is 9.71. The first-order chi connectivity index (χ1) is 8.75. The second-order valence-corrected chi connectivity index (χ2v) is 5.07. The van der Waals surface area contributed by atoms with Gasteiger partial charge in [0.25, 0.3) is 0 Å². The Kier molecular flexibility index (Phi) is 1.77. The van der Waals surface area contributed by atoms with Crippen molar-refractivity contribution in [1.29, 1.82) is 0 Å². The number of carboxylic acids is 1.